The lowest BCUT2D eigenvalue weighted by atomic mass is 10.1. The molecule has 0 aliphatic heterocycles. The molecular formula is C18H19N5O2. The summed E-state index contributed by atoms with van der Waals surface area (Å²) in [6.07, 6.45) is 3.34. The molecule has 0 saturated carbocycles. The Labute approximate surface area is 144 Å². The average Bonchev–Trinajstić information content (AvgIpc) is 2.99. The third-order valence-corrected chi connectivity index (χ3v) is 3.79. The quantitative estimate of drug-likeness (QED) is 0.657. The van der Waals surface area contributed by atoms with Gasteiger partial charge in [-0.2, -0.15) is 0 Å². The molecule has 7 heteroatoms. The molecule has 0 fully saturated rings. The number of aryl methyl sites for hydroxylation is 1. The zero-order valence-electron chi connectivity index (χ0n) is 13.8. The maximum Gasteiger partial charge on any atom is 0.274 e. The lowest BCUT2D eigenvalue weighted by Crippen LogP contribution is -2.30. The zero-order valence-corrected chi connectivity index (χ0v) is 13.8. The molecule has 0 aliphatic rings. The number of nitrogens with zero attached hydrogens (tertiary/aromatic N) is 2. The highest BCUT2D eigenvalue weighted by Crippen LogP contribution is 2.16. The summed E-state index contributed by atoms with van der Waals surface area (Å²) in [4.78, 5) is 28.6. The number of aromatic nitrogens is 2. The van der Waals surface area contributed by atoms with E-state index >= 15 is 0 Å². The summed E-state index contributed by atoms with van der Waals surface area (Å²) in [5, 5.41) is 7.38. The Kier molecular flexibility index (Phi) is 4.76. The molecule has 3 rings (SSSR count). The molecule has 25 heavy (non-hydrogen) atoms. The van der Waals surface area contributed by atoms with Crippen molar-refractivity contribution in [2.24, 2.45) is 12.8 Å². The van der Waals surface area contributed by atoms with E-state index in [0.29, 0.717) is 30.2 Å². The van der Waals surface area contributed by atoms with E-state index in [1.807, 2.05) is 24.3 Å². The van der Waals surface area contributed by atoms with Crippen molar-refractivity contribution in [3.63, 3.8) is 0 Å². The highest BCUT2D eigenvalue weighted by atomic mass is 16.2. The topological polar surface area (TPSA) is 102 Å². The van der Waals surface area contributed by atoms with Crippen molar-refractivity contribution in [3.05, 3.63) is 60.2 Å². The normalized spacial score (nSPS) is 10.6. The van der Waals surface area contributed by atoms with Crippen molar-refractivity contribution >= 4 is 28.3 Å². The first-order chi connectivity index (χ1) is 12.1. The van der Waals surface area contributed by atoms with E-state index in [2.05, 4.69) is 15.6 Å². The van der Waals surface area contributed by atoms with Crippen molar-refractivity contribution in [3.8, 4) is 0 Å². The Morgan fingerprint density at radius 2 is 1.92 bits per heavy atom. The molecule has 4 N–H and O–H groups in total. The minimum atomic E-state index is -0.328. The van der Waals surface area contributed by atoms with Crippen LogP contribution in [0.2, 0.25) is 0 Å². The number of nitrogens with two attached hydrogens (primary N) is 1. The number of rotatable bonds is 5. The predicted molar refractivity (Wildman–Crippen MR) is 96.5 cm³/mol. The minimum absolute atomic E-state index is 0.239. The van der Waals surface area contributed by atoms with Gasteiger partial charge in [0.05, 0.1) is 5.69 Å². The SMILES string of the molecule is Cn1cc(NC(=O)c2cc3ccccc3cn2)cc1C(=O)NCCN. The second kappa shape index (κ2) is 7.14. The van der Waals surface area contributed by atoms with Gasteiger partial charge in [0.1, 0.15) is 11.4 Å². The minimum Gasteiger partial charge on any atom is -0.349 e. The largest absolute Gasteiger partial charge is 0.349 e. The smallest absolute Gasteiger partial charge is 0.274 e. The van der Waals surface area contributed by atoms with E-state index in [1.165, 1.54) is 0 Å². The second-order valence-corrected chi connectivity index (χ2v) is 5.64. The molecule has 0 saturated heterocycles. The Balaban J connectivity index is 1.77. The molecule has 0 spiro atoms. The Hall–Kier alpha value is -3.19. The van der Waals surface area contributed by atoms with Crippen LogP contribution in [0.3, 0.4) is 0 Å². The number of carbonyl (C=O) groups is 2. The van der Waals surface area contributed by atoms with Crippen molar-refractivity contribution < 1.29 is 9.59 Å². The number of amides is 2. The first-order valence-electron chi connectivity index (χ1n) is 7.89. The van der Waals surface area contributed by atoms with E-state index in [1.54, 1.807) is 36.1 Å². The van der Waals surface area contributed by atoms with E-state index in [4.69, 9.17) is 5.73 Å². The van der Waals surface area contributed by atoms with Crippen LogP contribution < -0.4 is 16.4 Å². The first-order valence-corrected chi connectivity index (χ1v) is 7.89. The van der Waals surface area contributed by atoms with Crippen LogP contribution in [0.1, 0.15) is 21.0 Å². The Morgan fingerprint density at radius 1 is 1.16 bits per heavy atom. The van der Waals surface area contributed by atoms with Gasteiger partial charge in [-0.15, -0.1) is 0 Å². The Bertz CT molecular complexity index is 932. The number of fused-ring (bicyclic) bond motifs is 1. The molecule has 0 bridgehead atoms. The fourth-order valence-corrected chi connectivity index (χ4v) is 2.54. The van der Waals surface area contributed by atoms with Gasteiger partial charge in [-0.05, 0) is 17.5 Å². The van der Waals surface area contributed by atoms with Gasteiger partial charge >= 0.3 is 0 Å². The molecule has 7 nitrogen and oxygen atoms in total. The van der Waals surface area contributed by atoms with Crippen molar-refractivity contribution in [2.75, 3.05) is 18.4 Å². The highest BCUT2D eigenvalue weighted by molar-refractivity contribution is 6.05. The van der Waals surface area contributed by atoms with Crippen molar-refractivity contribution in [1.82, 2.24) is 14.9 Å². The van der Waals surface area contributed by atoms with Gasteiger partial charge in [0.15, 0.2) is 0 Å². The number of benzene rings is 1. The highest BCUT2D eigenvalue weighted by Gasteiger charge is 2.14. The van der Waals surface area contributed by atoms with Crippen LogP contribution in [0.4, 0.5) is 5.69 Å². The summed E-state index contributed by atoms with van der Waals surface area (Å²) < 4.78 is 1.65. The standard InChI is InChI=1S/C18H19N5O2/c1-23-11-14(9-16(23)18(25)20-7-6-19)22-17(24)15-8-12-4-2-3-5-13(12)10-21-15/h2-5,8-11H,6-7,19H2,1H3,(H,20,25)(H,22,24). The van der Waals surface area contributed by atoms with Gasteiger partial charge in [0.2, 0.25) is 0 Å². The lowest BCUT2D eigenvalue weighted by molar-refractivity contribution is 0.0945. The number of hydrogen-bond donors (Lipinski definition) is 3. The molecule has 1 aromatic carbocycles. The molecule has 3 aromatic rings. The molecule has 0 atom stereocenters. The van der Waals surface area contributed by atoms with Gasteiger partial charge in [-0.25, -0.2) is 0 Å². The van der Waals surface area contributed by atoms with Gasteiger partial charge in [0.25, 0.3) is 11.8 Å². The first kappa shape index (κ1) is 16.7. The molecule has 128 valence electrons. The maximum absolute atomic E-state index is 12.4. The lowest BCUT2D eigenvalue weighted by Gasteiger charge is -2.03. The summed E-state index contributed by atoms with van der Waals surface area (Å²) >= 11 is 0. The summed E-state index contributed by atoms with van der Waals surface area (Å²) in [5.74, 6) is -0.567. The summed E-state index contributed by atoms with van der Waals surface area (Å²) in [5.41, 5.74) is 6.67. The number of carbonyl (C=O) groups excluding carboxylic acids is 2. The number of nitrogens with one attached hydrogen (secondary N) is 2. The number of pyridine rings is 1. The molecule has 0 unspecified atom stereocenters. The van der Waals surface area contributed by atoms with Crippen molar-refractivity contribution in [1.29, 1.82) is 0 Å². The van der Waals surface area contributed by atoms with Crippen LogP contribution in [-0.4, -0.2) is 34.5 Å². The maximum atomic E-state index is 12.4. The van der Waals surface area contributed by atoms with Gasteiger partial charge in [-0.3, -0.25) is 14.6 Å². The van der Waals surface area contributed by atoms with Crippen LogP contribution in [0.5, 0.6) is 0 Å². The zero-order chi connectivity index (χ0) is 17.8. The molecule has 0 radical (unpaired) electrons. The Morgan fingerprint density at radius 3 is 2.68 bits per heavy atom. The van der Waals surface area contributed by atoms with E-state index < -0.39 is 0 Å². The molecule has 0 aliphatic carbocycles. The summed E-state index contributed by atoms with van der Waals surface area (Å²) in [7, 11) is 1.74. The number of hydrogen-bond acceptors (Lipinski definition) is 4. The third-order valence-electron chi connectivity index (χ3n) is 3.79. The number of anilines is 1. The van der Waals surface area contributed by atoms with Gasteiger partial charge in [0, 0.05) is 37.9 Å². The van der Waals surface area contributed by atoms with E-state index in [0.717, 1.165) is 10.8 Å². The predicted octanol–water partition coefficient (Wildman–Crippen LogP) is 1.51. The van der Waals surface area contributed by atoms with E-state index in [9.17, 15) is 9.59 Å². The van der Waals surface area contributed by atoms with Crippen LogP contribution in [0.25, 0.3) is 10.8 Å². The van der Waals surface area contributed by atoms with Crippen LogP contribution >= 0.6 is 0 Å². The van der Waals surface area contributed by atoms with Gasteiger partial charge < -0.3 is 20.9 Å². The van der Waals surface area contributed by atoms with Crippen LogP contribution in [0, 0.1) is 0 Å². The second-order valence-electron chi connectivity index (χ2n) is 5.64. The molecule has 2 heterocycles. The van der Waals surface area contributed by atoms with Crippen LogP contribution in [0.15, 0.2) is 48.8 Å². The average molecular weight is 337 g/mol. The molecular weight excluding hydrogens is 318 g/mol. The molecule has 2 aromatic heterocycles. The molecule has 2 amide bonds. The fraction of sp³-hybridized carbons (Fsp3) is 0.167. The fourth-order valence-electron chi connectivity index (χ4n) is 2.54. The van der Waals surface area contributed by atoms with Crippen LogP contribution in [-0.2, 0) is 7.05 Å². The summed E-state index contributed by atoms with van der Waals surface area (Å²) in [6.45, 7) is 0.764. The summed E-state index contributed by atoms with van der Waals surface area (Å²) in [6, 6.07) is 11.1. The van der Waals surface area contributed by atoms with Gasteiger partial charge in [-0.1, -0.05) is 24.3 Å². The van der Waals surface area contributed by atoms with E-state index in [-0.39, 0.29) is 11.8 Å². The third kappa shape index (κ3) is 3.67. The van der Waals surface area contributed by atoms with Crippen molar-refractivity contribution in [2.45, 2.75) is 0 Å². The monoisotopic (exact) mass is 337 g/mol.